The van der Waals surface area contributed by atoms with Crippen LogP contribution in [0.2, 0.25) is 0 Å². The molecule has 0 spiro atoms. The van der Waals surface area contributed by atoms with E-state index in [0.717, 1.165) is 4.31 Å². The zero-order chi connectivity index (χ0) is 21.2. The van der Waals surface area contributed by atoms with Gasteiger partial charge in [-0.1, -0.05) is 17.3 Å². The molecular weight excluding hydrogens is 401 g/mol. The molecule has 0 aliphatic heterocycles. The number of hydrogen-bond donors (Lipinski definition) is 0. The number of aryl methyl sites for hydroxylation is 1. The van der Waals surface area contributed by atoms with Crippen molar-refractivity contribution in [2.24, 2.45) is 0 Å². The van der Waals surface area contributed by atoms with Crippen LogP contribution in [0.25, 0.3) is 11.4 Å². The Balaban J connectivity index is 1.65. The Morgan fingerprint density at radius 3 is 2.48 bits per heavy atom. The van der Waals surface area contributed by atoms with Gasteiger partial charge in [0.05, 0.1) is 10.5 Å². The Morgan fingerprint density at radius 1 is 1.17 bits per heavy atom. The van der Waals surface area contributed by atoms with Crippen molar-refractivity contribution in [3.05, 3.63) is 65.3 Å². The Kier molecular flexibility index (Phi) is 5.76. The minimum Gasteiger partial charge on any atom is -0.452 e. The van der Waals surface area contributed by atoms with Crippen molar-refractivity contribution in [1.29, 1.82) is 0 Å². The van der Waals surface area contributed by atoms with Gasteiger partial charge in [-0.3, -0.25) is 0 Å². The van der Waals surface area contributed by atoms with E-state index in [9.17, 15) is 17.6 Å². The topological polar surface area (TPSA) is 103 Å². The Hall–Kier alpha value is -3.11. The summed E-state index contributed by atoms with van der Waals surface area (Å²) >= 11 is 0. The molecule has 1 heterocycles. The number of benzene rings is 2. The number of carbonyl (C=O) groups is 1. The van der Waals surface area contributed by atoms with Crippen LogP contribution in [-0.2, 0) is 21.4 Å². The second-order valence-corrected chi connectivity index (χ2v) is 8.52. The molecule has 0 atom stereocenters. The molecule has 0 unspecified atom stereocenters. The van der Waals surface area contributed by atoms with Crippen molar-refractivity contribution in [3.8, 4) is 11.4 Å². The van der Waals surface area contributed by atoms with Crippen molar-refractivity contribution in [1.82, 2.24) is 14.4 Å². The maximum Gasteiger partial charge on any atom is 0.338 e. The summed E-state index contributed by atoms with van der Waals surface area (Å²) in [7, 11) is -0.747. The fourth-order valence-corrected chi connectivity index (χ4v) is 3.25. The van der Waals surface area contributed by atoms with Gasteiger partial charge >= 0.3 is 5.97 Å². The highest BCUT2D eigenvalue weighted by Gasteiger charge is 2.18. The summed E-state index contributed by atoms with van der Waals surface area (Å²) in [4.78, 5) is 16.3. The summed E-state index contributed by atoms with van der Waals surface area (Å²) in [5.41, 5.74) is 1.10. The van der Waals surface area contributed by atoms with E-state index in [1.54, 1.807) is 19.1 Å². The lowest BCUT2D eigenvalue weighted by Gasteiger charge is -2.11. The average molecular weight is 419 g/mol. The molecule has 0 N–H and O–H groups in total. The van der Waals surface area contributed by atoms with Gasteiger partial charge in [-0.15, -0.1) is 0 Å². The largest absolute Gasteiger partial charge is 0.452 e. The second-order valence-electron chi connectivity index (χ2n) is 6.36. The fourth-order valence-electron chi connectivity index (χ4n) is 2.35. The number of hydrogen-bond acceptors (Lipinski definition) is 7. The summed E-state index contributed by atoms with van der Waals surface area (Å²) in [5.74, 6) is -0.853. The molecule has 0 aliphatic rings. The van der Waals surface area contributed by atoms with Crippen molar-refractivity contribution < 1.29 is 26.9 Å². The van der Waals surface area contributed by atoms with Crippen LogP contribution < -0.4 is 0 Å². The molecule has 0 aliphatic carbocycles. The number of ether oxygens (including phenoxy) is 1. The lowest BCUT2D eigenvalue weighted by Crippen LogP contribution is -2.22. The molecule has 2 aromatic carbocycles. The zero-order valence-corrected chi connectivity index (χ0v) is 16.7. The first-order chi connectivity index (χ1) is 13.7. The summed E-state index contributed by atoms with van der Waals surface area (Å²) < 4.78 is 49.0. The van der Waals surface area contributed by atoms with Crippen LogP contribution in [0.4, 0.5) is 4.39 Å². The maximum absolute atomic E-state index is 13.7. The predicted molar refractivity (Wildman–Crippen MR) is 101 cm³/mol. The van der Waals surface area contributed by atoms with Crippen LogP contribution in [0.3, 0.4) is 0 Å². The molecule has 0 bridgehead atoms. The summed E-state index contributed by atoms with van der Waals surface area (Å²) in [6.07, 6.45) is 0. The van der Waals surface area contributed by atoms with E-state index >= 15 is 0 Å². The third-order valence-corrected chi connectivity index (χ3v) is 5.92. The first-order valence-electron chi connectivity index (χ1n) is 8.47. The molecule has 29 heavy (non-hydrogen) atoms. The fraction of sp³-hybridized carbons (Fsp3) is 0.211. The molecular formula is C19H18FN3O5S. The normalized spacial score (nSPS) is 11.6. The van der Waals surface area contributed by atoms with Gasteiger partial charge in [0.15, 0.2) is 6.61 Å². The smallest absolute Gasteiger partial charge is 0.338 e. The predicted octanol–water partition coefficient (Wildman–Crippen LogP) is 2.79. The van der Waals surface area contributed by atoms with Crippen LogP contribution >= 0.6 is 0 Å². The Bertz CT molecular complexity index is 1140. The Morgan fingerprint density at radius 2 is 1.86 bits per heavy atom. The lowest BCUT2D eigenvalue weighted by molar-refractivity contribution is 0.0429. The maximum atomic E-state index is 13.7. The van der Waals surface area contributed by atoms with Gasteiger partial charge in [0.25, 0.3) is 5.89 Å². The molecule has 3 rings (SSSR count). The molecule has 3 aromatic rings. The van der Waals surface area contributed by atoms with Crippen LogP contribution in [-0.4, -0.2) is 42.9 Å². The highest BCUT2D eigenvalue weighted by Crippen LogP contribution is 2.19. The SMILES string of the molecule is Cc1ccc(-c2noc(COC(=O)c3ccc(S(=O)(=O)N(C)C)cc3)n2)cc1F. The molecule has 0 saturated carbocycles. The quantitative estimate of drug-likeness (QED) is 0.566. The highest BCUT2D eigenvalue weighted by molar-refractivity contribution is 7.89. The van der Waals surface area contributed by atoms with Gasteiger partial charge in [0.1, 0.15) is 5.82 Å². The average Bonchev–Trinajstić information content (AvgIpc) is 3.17. The summed E-state index contributed by atoms with van der Waals surface area (Å²) in [5, 5.41) is 3.75. The number of halogens is 1. The lowest BCUT2D eigenvalue weighted by atomic mass is 10.1. The third kappa shape index (κ3) is 4.49. The Labute approximate surface area is 167 Å². The minimum atomic E-state index is -3.58. The van der Waals surface area contributed by atoms with Crippen molar-refractivity contribution in [3.63, 3.8) is 0 Å². The number of esters is 1. The van der Waals surface area contributed by atoms with Crippen LogP contribution in [0, 0.1) is 12.7 Å². The molecule has 0 fully saturated rings. The highest BCUT2D eigenvalue weighted by atomic mass is 32.2. The van der Waals surface area contributed by atoms with Crippen LogP contribution in [0.1, 0.15) is 21.8 Å². The summed E-state index contributed by atoms with van der Waals surface area (Å²) in [6, 6.07) is 9.90. The van der Waals surface area contributed by atoms with E-state index in [2.05, 4.69) is 10.1 Å². The van der Waals surface area contributed by atoms with Gasteiger partial charge in [0.2, 0.25) is 15.8 Å². The molecule has 0 saturated heterocycles. The van der Waals surface area contributed by atoms with Gasteiger partial charge in [0, 0.05) is 19.7 Å². The first kappa shape index (κ1) is 20.6. The van der Waals surface area contributed by atoms with Gasteiger partial charge in [-0.25, -0.2) is 21.9 Å². The van der Waals surface area contributed by atoms with Gasteiger partial charge in [-0.2, -0.15) is 4.98 Å². The van der Waals surface area contributed by atoms with Gasteiger partial charge < -0.3 is 9.26 Å². The van der Waals surface area contributed by atoms with Crippen LogP contribution in [0.5, 0.6) is 0 Å². The number of nitrogens with zero attached hydrogens (tertiary/aromatic N) is 3. The molecule has 8 nitrogen and oxygen atoms in total. The van der Waals surface area contributed by atoms with E-state index in [1.165, 1.54) is 44.4 Å². The number of carbonyl (C=O) groups excluding carboxylic acids is 1. The van der Waals surface area contributed by atoms with E-state index in [4.69, 9.17) is 9.26 Å². The van der Waals surface area contributed by atoms with Crippen molar-refractivity contribution in [2.45, 2.75) is 18.4 Å². The van der Waals surface area contributed by atoms with Crippen molar-refractivity contribution in [2.75, 3.05) is 14.1 Å². The first-order valence-corrected chi connectivity index (χ1v) is 9.91. The molecule has 10 heteroatoms. The van der Waals surface area contributed by atoms with E-state index in [0.29, 0.717) is 11.1 Å². The second kappa shape index (κ2) is 8.10. The van der Waals surface area contributed by atoms with Crippen LogP contribution in [0.15, 0.2) is 51.9 Å². The van der Waals surface area contributed by atoms with Gasteiger partial charge in [-0.05, 0) is 42.8 Å². The molecule has 152 valence electrons. The van der Waals surface area contributed by atoms with E-state index < -0.39 is 16.0 Å². The molecule has 0 radical (unpaired) electrons. The number of sulfonamides is 1. The zero-order valence-electron chi connectivity index (χ0n) is 15.9. The minimum absolute atomic E-state index is 0.0427. The number of rotatable bonds is 6. The third-order valence-electron chi connectivity index (χ3n) is 4.09. The summed E-state index contributed by atoms with van der Waals surface area (Å²) in [6.45, 7) is 1.36. The number of aromatic nitrogens is 2. The molecule has 0 amide bonds. The monoisotopic (exact) mass is 419 g/mol. The van der Waals surface area contributed by atoms with E-state index in [-0.39, 0.29) is 34.6 Å². The van der Waals surface area contributed by atoms with Crippen molar-refractivity contribution >= 4 is 16.0 Å². The van der Waals surface area contributed by atoms with E-state index in [1.807, 2.05) is 0 Å². The molecule has 1 aromatic heterocycles. The standard InChI is InChI=1S/C19H18FN3O5S/c1-12-4-5-14(10-16(12)20)18-21-17(28-22-18)11-27-19(24)13-6-8-15(9-7-13)29(25,26)23(2)3/h4-10H,11H2,1-3H3.